The van der Waals surface area contributed by atoms with Gasteiger partial charge in [0.1, 0.15) is 5.75 Å². The molecule has 0 bridgehead atoms. The maximum atomic E-state index is 12.4. The molecule has 8 heteroatoms. The number of alkyl halides is 2. The van der Waals surface area contributed by atoms with E-state index in [0.29, 0.717) is 23.2 Å². The Balaban J connectivity index is 1.71. The average Bonchev–Trinajstić information content (AvgIpc) is 3.04. The van der Waals surface area contributed by atoms with Crippen molar-refractivity contribution in [3.8, 4) is 5.75 Å². The molecule has 134 valence electrons. The summed E-state index contributed by atoms with van der Waals surface area (Å²) in [5.74, 6) is -0.173. The Labute approximate surface area is 147 Å². The van der Waals surface area contributed by atoms with Crippen molar-refractivity contribution in [2.75, 3.05) is 19.8 Å². The van der Waals surface area contributed by atoms with E-state index in [-0.39, 0.29) is 30.7 Å². The third-order valence-electron chi connectivity index (χ3n) is 3.52. The van der Waals surface area contributed by atoms with E-state index in [1.165, 1.54) is 6.07 Å². The van der Waals surface area contributed by atoms with Crippen LogP contribution in [0.1, 0.15) is 24.8 Å². The highest BCUT2D eigenvalue weighted by atomic mass is 79.9. The van der Waals surface area contributed by atoms with Crippen LogP contribution in [0.15, 0.2) is 22.7 Å². The van der Waals surface area contributed by atoms with Crippen LogP contribution in [-0.2, 0) is 20.8 Å². The summed E-state index contributed by atoms with van der Waals surface area (Å²) in [6.07, 6.45) is 2.36. The van der Waals surface area contributed by atoms with Gasteiger partial charge in [0.05, 0.1) is 19.3 Å². The second kappa shape index (κ2) is 9.90. The Hall–Kier alpha value is -1.25. The summed E-state index contributed by atoms with van der Waals surface area (Å²) in [5, 5.41) is 2.67. The number of benzene rings is 1. The Morgan fingerprint density at radius 2 is 2.29 bits per heavy atom. The first-order valence-electron chi connectivity index (χ1n) is 7.74. The number of nitrogens with one attached hydrogen (secondary N) is 1. The molecule has 2 rings (SSSR count). The van der Waals surface area contributed by atoms with Crippen molar-refractivity contribution in [3.05, 3.63) is 28.2 Å². The zero-order chi connectivity index (χ0) is 17.4. The topological polar surface area (TPSA) is 56.8 Å². The van der Waals surface area contributed by atoms with Gasteiger partial charge in [0.25, 0.3) is 0 Å². The second-order valence-corrected chi connectivity index (χ2v) is 6.28. The molecule has 1 atom stereocenters. The van der Waals surface area contributed by atoms with Crippen LogP contribution in [-0.4, -0.2) is 38.4 Å². The molecule has 0 aliphatic carbocycles. The molecule has 1 amide bonds. The van der Waals surface area contributed by atoms with Gasteiger partial charge in [-0.3, -0.25) is 4.79 Å². The minimum absolute atomic E-state index is 0.0446. The van der Waals surface area contributed by atoms with Gasteiger partial charge in [0.2, 0.25) is 5.91 Å². The Kier molecular flexibility index (Phi) is 7.87. The van der Waals surface area contributed by atoms with Gasteiger partial charge >= 0.3 is 6.61 Å². The molecule has 1 aliphatic heterocycles. The fourth-order valence-electron chi connectivity index (χ4n) is 2.33. The van der Waals surface area contributed by atoms with Crippen molar-refractivity contribution in [1.82, 2.24) is 5.32 Å². The fraction of sp³-hybridized carbons (Fsp3) is 0.562. The van der Waals surface area contributed by atoms with Gasteiger partial charge in [-0.05, 0) is 31.0 Å². The maximum Gasteiger partial charge on any atom is 0.387 e. The SMILES string of the molecule is O=C(CCOCC1CCCO1)NCc1cc(Br)ccc1OC(F)F. The average molecular weight is 408 g/mol. The van der Waals surface area contributed by atoms with Gasteiger partial charge in [-0.2, -0.15) is 8.78 Å². The standard InChI is InChI=1S/C16H20BrF2NO4/c17-12-3-4-14(24-16(18)19)11(8-12)9-20-15(21)5-7-22-10-13-2-1-6-23-13/h3-4,8,13,16H,1-2,5-7,9-10H2,(H,20,21). The van der Waals surface area contributed by atoms with Crippen LogP contribution in [0.25, 0.3) is 0 Å². The summed E-state index contributed by atoms with van der Waals surface area (Å²) >= 11 is 3.27. The van der Waals surface area contributed by atoms with Gasteiger partial charge in [0.15, 0.2) is 0 Å². The van der Waals surface area contributed by atoms with E-state index in [9.17, 15) is 13.6 Å². The summed E-state index contributed by atoms with van der Waals surface area (Å²) in [6.45, 7) is -1.25. The number of amides is 1. The molecule has 24 heavy (non-hydrogen) atoms. The lowest BCUT2D eigenvalue weighted by molar-refractivity contribution is -0.122. The molecule has 1 saturated heterocycles. The van der Waals surface area contributed by atoms with Crippen molar-refractivity contribution in [2.45, 2.75) is 38.5 Å². The van der Waals surface area contributed by atoms with Crippen LogP contribution in [0.2, 0.25) is 0 Å². The van der Waals surface area contributed by atoms with Crippen LogP contribution >= 0.6 is 15.9 Å². The monoisotopic (exact) mass is 407 g/mol. The second-order valence-electron chi connectivity index (χ2n) is 5.37. The van der Waals surface area contributed by atoms with Crippen LogP contribution in [0.4, 0.5) is 8.78 Å². The van der Waals surface area contributed by atoms with Crippen molar-refractivity contribution >= 4 is 21.8 Å². The number of ether oxygens (including phenoxy) is 3. The molecule has 5 nitrogen and oxygen atoms in total. The quantitative estimate of drug-likeness (QED) is 0.638. The smallest absolute Gasteiger partial charge is 0.387 e. The van der Waals surface area contributed by atoms with Crippen molar-refractivity contribution in [2.24, 2.45) is 0 Å². The fourth-order valence-corrected chi connectivity index (χ4v) is 2.74. The summed E-state index contributed by atoms with van der Waals surface area (Å²) in [6, 6.07) is 4.66. The van der Waals surface area contributed by atoms with E-state index >= 15 is 0 Å². The summed E-state index contributed by atoms with van der Waals surface area (Å²) in [5.41, 5.74) is 0.471. The first-order valence-corrected chi connectivity index (χ1v) is 8.53. The van der Waals surface area contributed by atoms with Crippen molar-refractivity contribution in [3.63, 3.8) is 0 Å². The van der Waals surface area contributed by atoms with E-state index in [2.05, 4.69) is 26.0 Å². The van der Waals surface area contributed by atoms with Crippen LogP contribution in [0.3, 0.4) is 0 Å². The van der Waals surface area contributed by atoms with E-state index in [0.717, 1.165) is 19.4 Å². The van der Waals surface area contributed by atoms with Crippen LogP contribution in [0.5, 0.6) is 5.75 Å². The molecule has 0 spiro atoms. The molecule has 1 aromatic carbocycles. The first kappa shape index (κ1) is 19.1. The number of rotatable bonds is 9. The van der Waals surface area contributed by atoms with E-state index in [4.69, 9.17) is 9.47 Å². The molecule has 0 saturated carbocycles. The molecule has 1 fully saturated rings. The molecule has 1 N–H and O–H groups in total. The Bertz CT molecular complexity index is 539. The van der Waals surface area contributed by atoms with Gasteiger partial charge < -0.3 is 19.5 Å². The molecule has 0 radical (unpaired) electrons. The summed E-state index contributed by atoms with van der Waals surface area (Å²) in [7, 11) is 0. The maximum absolute atomic E-state index is 12.4. The highest BCUT2D eigenvalue weighted by molar-refractivity contribution is 9.10. The number of carbonyl (C=O) groups excluding carboxylic acids is 1. The minimum atomic E-state index is -2.91. The third-order valence-corrected chi connectivity index (χ3v) is 4.01. The number of halogens is 3. The largest absolute Gasteiger partial charge is 0.434 e. The zero-order valence-electron chi connectivity index (χ0n) is 13.1. The normalized spacial score (nSPS) is 17.2. The highest BCUT2D eigenvalue weighted by Crippen LogP contribution is 2.24. The minimum Gasteiger partial charge on any atom is -0.434 e. The number of hydrogen-bond acceptors (Lipinski definition) is 4. The lowest BCUT2D eigenvalue weighted by atomic mass is 10.2. The zero-order valence-corrected chi connectivity index (χ0v) is 14.7. The summed E-state index contributed by atoms with van der Waals surface area (Å²) in [4.78, 5) is 11.8. The number of hydrogen-bond donors (Lipinski definition) is 1. The Morgan fingerprint density at radius 3 is 3.00 bits per heavy atom. The summed E-state index contributed by atoms with van der Waals surface area (Å²) < 4.78 is 40.8. The van der Waals surface area contributed by atoms with Gasteiger partial charge in [-0.1, -0.05) is 15.9 Å². The van der Waals surface area contributed by atoms with Gasteiger partial charge in [-0.15, -0.1) is 0 Å². The molecule has 0 aromatic heterocycles. The number of carbonyl (C=O) groups is 1. The Morgan fingerprint density at radius 1 is 1.46 bits per heavy atom. The van der Waals surface area contributed by atoms with Gasteiger partial charge in [-0.25, -0.2) is 0 Å². The van der Waals surface area contributed by atoms with Crippen LogP contribution in [0, 0.1) is 0 Å². The van der Waals surface area contributed by atoms with E-state index in [1.54, 1.807) is 12.1 Å². The van der Waals surface area contributed by atoms with Gasteiger partial charge in [0, 0.05) is 29.6 Å². The molecule has 1 aliphatic rings. The molecular formula is C16H20BrF2NO4. The van der Waals surface area contributed by atoms with Crippen molar-refractivity contribution in [1.29, 1.82) is 0 Å². The molecule has 1 aromatic rings. The van der Waals surface area contributed by atoms with Crippen molar-refractivity contribution < 1.29 is 27.8 Å². The van der Waals surface area contributed by atoms with E-state index in [1.807, 2.05) is 0 Å². The predicted molar refractivity (Wildman–Crippen MR) is 87.0 cm³/mol. The lowest BCUT2D eigenvalue weighted by Crippen LogP contribution is -2.25. The predicted octanol–water partition coefficient (Wildman–Crippen LogP) is 3.25. The highest BCUT2D eigenvalue weighted by Gasteiger charge is 2.15. The molecule has 1 heterocycles. The molecular weight excluding hydrogens is 388 g/mol. The van der Waals surface area contributed by atoms with E-state index < -0.39 is 6.61 Å². The lowest BCUT2D eigenvalue weighted by Gasteiger charge is -2.13. The molecule has 1 unspecified atom stereocenters. The van der Waals surface area contributed by atoms with Crippen LogP contribution < -0.4 is 10.1 Å². The third kappa shape index (κ3) is 6.70. The first-order chi connectivity index (χ1) is 11.5.